The molecule has 1 aromatic heterocycles. The number of allylic oxidation sites excluding steroid dienone is 4. The van der Waals surface area contributed by atoms with Crippen LogP contribution < -0.4 is 26.4 Å². The van der Waals surface area contributed by atoms with Gasteiger partial charge >= 0.3 is 12.1 Å². The third-order valence-electron chi connectivity index (χ3n) is 5.08. The monoisotopic (exact) mass is 584 g/mol. The Kier molecular flexibility index (Phi) is 10.3. The quantitative estimate of drug-likeness (QED) is 0.0934. The van der Waals surface area contributed by atoms with E-state index in [1.165, 1.54) is 33.3 Å². The fraction of sp³-hybridized carbons (Fsp3) is 0.160. The van der Waals surface area contributed by atoms with Gasteiger partial charge in [0.1, 0.15) is 23.0 Å². The molecule has 15 heteroatoms. The van der Waals surface area contributed by atoms with E-state index in [4.69, 9.17) is 32.7 Å². The van der Waals surface area contributed by atoms with Crippen molar-refractivity contribution in [2.45, 2.75) is 13.1 Å². The van der Waals surface area contributed by atoms with Crippen molar-refractivity contribution in [3.05, 3.63) is 88.4 Å². The Morgan fingerprint density at radius 3 is 2.33 bits per heavy atom. The second-order valence-electron chi connectivity index (χ2n) is 7.84. The van der Waals surface area contributed by atoms with Gasteiger partial charge in [-0.2, -0.15) is 18.2 Å². The van der Waals surface area contributed by atoms with Crippen molar-refractivity contribution in [2.75, 3.05) is 19.5 Å². The summed E-state index contributed by atoms with van der Waals surface area (Å²) in [5, 5.41) is 12.9. The lowest BCUT2D eigenvalue weighted by Crippen LogP contribution is -2.34. The molecule has 0 spiro atoms. The molecule has 214 valence electrons. The molecule has 2 rings (SSSR count). The highest BCUT2D eigenvalue weighted by molar-refractivity contribution is 6.31. The SMILES string of the molecule is C=C(/N=C\C(=C(/N)N(N)/C(C)=C\C(=C)C(F)(F)F)c1cc(C(=O)O)c(OC)nc1OC)Nc1ccc(F)c(Cl)c1. The molecule has 0 bridgehead atoms. The van der Waals surface area contributed by atoms with Crippen molar-refractivity contribution in [2.24, 2.45) is 16.6 Å². The molecule has 0 aliphatic rings. The van der Waals surface area contributed by atoms with Gasteiger partial charge in [0.05, 0.1) is 30.4 Å². The van der Waals surface area contributed by atoms with E-state index in [0.29, 0.717) is 16.8 Å². The minimum absolute atomic E-state index is 0.0202. The number of aromatic nitrogens is 1. The molecule has 40 heavy (non-hydrogen) atoms. The second kappa shape index (κ2) is 13.0. The van der Waals surface area contributed by atoms with E-state index >= 15 is 0 Å². The first-order valence-corrected chi connectivity index (χ1v) is 11.3. The Hall–Kier alpha value is -4.56. The zero-order valence-electron chi connectivity index (χ0n) is 21.4. The maximum Gasteiger partial charge on any atom is 0.415 e. The average Bonchev–Trinajstić information content (AvgIpc) is 2.89. The third kappa shape index (κ3) is 7.74. The van der Waals surface area contributed by atoms with Gasteiger partial charge in [-0.3, -0.25) is 5.01 Å². The van der Waals surface area contributed by atoms with Crippen molar-refractivity contribution >= 4 is 35.0 Å². The third-order valence-corrected chi connectivity index (χ3v) is 5.37. The molecular formula is C25H25ClF4N6O4. The molecule has 0 saturated carbocycles. The normalized spacial score (nSPS) is 12.6. The highest BCUT2D eigenvalue weighted by Crippen LogP contribution is 2.32. The van der Waals surface area contributed by atoms with Crippen LogP contribution in [0.2, 0.25) is 5.02 Å². The smallest absolute Gasteiger partial charge is 0.415 e. The van der Waals surface area contributed by atoms with E-state index in [1.54, 1.807) is 0 Å². The van der Waals surface area contributed by atoms with Crippen molar-refractivity contribution in [1.82, 2.24) is 9.99 Å². The van der Waals surface area contributed by atoms with Crippen LogP contribution in [0.15, 0.2) is 71.4 Å². The summed E-state index contributed by atoms with van der Waals surface area (Å²) in [6, 6.07) is 4.87. The minimum Gasteiger partial charge on any atom is -0.480 e. The molecule has 0 aliphatic heterocycles. The summed E-state index contributed by atoms with van der Waals surface area (Å²) in [7, 11) is 2.43. The van der Waals surface area contributed by atoms with Crippen LogP contribution in [0.4, 0.5) is 23.2 Å². The lowest BCUT2D eigenvalue weighted by atomic mass is 10.1. The topological polar surface area (TPSA) is 148 Å². The lowest BCUT2D eigenvalue weighted by Gasteiger charge is -2.23. The molecule has 1 heterocycles. The molecule has 1 aromatic carbocycles. The highest BCUT2D eigenvalue weighted by atomic mass is 35.5. The molecular weight excluding hydrogens is 560 g/mol. The number of alkyl halides is 3. The van der Waals surface area contributed by atoms with Crippen LogP contribution in [0.25, 0.3) is 5.57 Å². The zero-order chi connectivity index (χ0) is 30.4. The van der Waals surface area contributed by atoms with E-state index in [1.807, 2.05) is 0 Å². The summed E-state index contributed by atoms with van der Waals surface area (Å²) in [5.41, 5.74) is 4.62. The predicted molar refractivity (Wildman–Crippen MR) is 143 cm³/mol. The number of carbonyl (C=O) groups is 1. The summed E-state index contributed by atoms with van der Waals surface area (Å²) >= 11 is 5.79. The number of rotatable bonds is 11. The first kappa shape index (κ1) is 31.7. The maximum atomic E-state index is 13.5. The van der Waals surface area contributed by atoms with Crippen LogP contribution in [0.3, 0.4) is 0 Å². The number of methoxy groups -OCH3 is 2. The van der Waals surface area contributed by atoms with Crippen molar-refractivity contribution in [1.29, 1.82) is 0 Å². The van der Waals surface area contributed by atoms with Crippen LogP contribution in [0, 0.1) is 5.82 Å². The van der Waals surface area contributed by atoms with E-state index in [2.05, 4.69) is 28.5 Å². The number of halogens is 5. The van der Waals surface area contributed by atoms with Crippen LogP contribution in [0.5, 0.6) is 11.8 Å². The molecule has 0 fully saturated rings. The molecule has 0 atom stereocenters. The Labute approximate surface area is 231 Å². The average molecular weight is 585 g/mol. The number of hydrogen-bond acceptors (Lipinski definition) is 9. The molecule has 2 aromatic rings. The molecule has 0 radical (unpaired) electrons. The Morgan fingerprint density at radius 1 is 1.20 bits per heavy atom. The van der Waals surface area contributed by atoms with E-state index < -0.39 is 29.1 Å². The van der Waals surface area contributed by atoms with Crippen molar-refractivity contribution in [3.63, 3.8) is 0 Å². The van der Waals surface area contributed by atoms with Crippen LogP contribution in [-0.4, -0.2) is 47.7 Å². The van der Waals surface area contributed by atoms with Gasteiger partial charge < -0.3 is 25.6 Å². The van der Waals surface area contributed by atoms with E-state index in [-0.39, 0.29) is 45.3 Å². The number of pyridine rings is 1. The van der Waals surface area contributed by atoms with Crippen LogP contribution in [0.1, 0.15) is 22.8 Å². The maximum absolute atomic E-state index is 13.5. The largest absolute Gasteiger partial charge is 0.480 e. The lowest BCUT2D eigenvalue weighted by molar-refractivity contribution is -0.0879. The molecule has 6 N–H and O–H groups in total. The number of nitrogens with zero attached hydrogens (tertiary/aromatic N) is 3. The number of aliphatic imine (C=N–C) groups is 1. The molecule has 0 unspecified atom stereocenters. The number of hydrazine groups is 1. The first-order valence-electron chi connectivity index (χ1n) is 10.9. The number of ether oxygens (including phenoxy) is 2. The Balaban J connectivity index is 2.69. The summed E-state index contributed by atoms with van der Waals surface area (Å²) in [4.78, 5) is 20.0. The number of carboxylic acid groups (broad SMARTS) is 1. The second-order valence-corrected chi connectivity index (χ2v) is 8.25. The van der Waals surface area contributed by atoms with Gasteiger partial charge in [-0.1, -0.05) is 24.8 Å². The minimum atomic E-state index is -4.73. The number of aromatic carboxylic acids is 1. The Morgan fingerprint density at radius 2 is 1.80 bits per heavy atom. The van der Waals surface area contributed by atoms with Gasteiger partial charge in [0.25, 0.3) is 0 Å². The van der Waals surface area contributed by atoms with Gasteiger partial charge in [-0.05, 0) is 37.3 Å². The first-order chi connectivity index (χ1) is 18.6. The fourth-order valence-corrected chi connectivity index (χ4v) is 3.23. The van der Waals surface area contributed by atoms with E-state index in [9.17, 15) is 27.5 Å². The number of hydrogen-bond donors (Lipinski definition) is 4. The zero-order valence-corrected chi connectivity index (χ0v) is 22.2. The van der Waals surface area contributed by atoms with Crippen molar-refractivity contribution in [3.8, 4) is 11.8 Å². The molecule has 0 amide bonds. The van der Waals surface area contributed by atoms with Gasteiger partial charge in [0.15, 0.2) is 0 Å². The van der Waals surface area contributed by atoms with Gasteiger partial charge in [0.2, 0.25) is 11.8 Å². The number of benzene rings is 1. The number of nitrogens with one attached hydrogen (secondary N) is 1. The summed E-state index contributed by atoms with van der Waals surface area (Å²) in [6.45, 7) is 7.94. The van der Waals surface area contributed by atoms with Crippen LogP contribution in [-0.2, 0) is 0 Å². The van der Waals surface area contributed by atoms with Crippen LogP contribution >= 0.6 is 11.6 Å². The number of carboxylic acids is 1. The highest BCUT2D eigenvalue weighted by Gasteiger charge is 2.31. The standard InChI is InChI=1S/C25H25ClF4N6O4/c1-12(25(28,29)30)8-13(2)36(32)21(31)18(11-33-14(3)34-15-6-7-20(27)19(26)9-15)16-10-17(24(37)38)23(40-5)35-22(16)39-4/h6-11,34H,1,3,31-32H2,2,4-5H3,(H,37,38)/b13-8-,21-18-,33-11-. The van der Waals surface area contributed by atoms with Gasteiger partial charge in [-0.15, -0.1) is 0 Å². The molecule has 0 aliphatic carbocycles. The molecule has 10 nitrogen and oxygen atoms in total. The number of nitrogens with two attached hydrogens (primary N) is 2. The summed E-state index contributed by atoms with van der Waals surface area (Å²) in [6.07, 6.45) is -2.97. The molecule has 0 saturated heterocycles. The van der Waals surface area contributed by atoms with E-state index in [0.717, 1.165) is 18.3 Å². The van der Waals surface area contributed by atoms with Crippen molar-refractivity contribution < 1.29 is 36.9 Å². The predicted octanol–water partition coefficient (Wildman–Crippen LogP) is 5.07. The Bertz CT molecular complexity index is 1420. The summed E-state index contributed by atoms with van der Waals surface area (Å²) in [5.74, 6) is 3.09. The number of anilines is 1. The summed E-state index contributed by atoms with van der Waals surface area (Å²) < 4.78 is 62.8. The van der Waals surface area contributed by atoms with Gasteiger partial charge in [-0.25, -0.2) is 20.0 Å². The fourth-order valence-electron chi connectivity index (χ4n) is 3.05. The van der Waals surface area contributed by atoms with Gasteiger partial charge in [0, 0.05) is 23.2 Å².